The molecule has 0 aliphatic carbocycles. The summed E-state index contributed by atoms with van der Waals surface area (Å²) in [5, 5.41) is 0. The Morgan fingerprint density at radius 1 is 1.13 bits per heavy atom. The van der Waals surface area contributed by atoms with Crippen molar-refractivity contribution in [3.8, 4) is 11.5 Å². The van der Waals surface area contributed by atoms with Crippen molar-refractivity contribution in [3.05, 3.63) is 29.8 Å². The maximum absolute atomic E-state index is 5.25. The molecule has 0 amide bonds. The van der Waals surface area contributed by atoms with Gasteiger partial charge in [0, 0.05) is 18.7 Å². The molecule has 15 heavy (non-hydrogen) atoms. The monoisotopic (exact) mass is 208 g/mol. The smallest absolute Gasteiger partial charge is 0.129 e. The second kappa shape index (κ2) is 6.09. The number of hydrogen-bond donors (Lipinski definition) is 0. The summed E-state index contributed by atoms with van der Waals surface area (Å²) in [5.74, 6) is 1.58. The van der Waals surface area contributed by atoms with E-state index in [2.05, 4.69) is 0 Å². The van der Waals surface area contributed by atoms with E-state index >= 15 is 0 Å². The SMILES string of the molecule is COC/C=C/c1ccc(OC)cc1OC. The maximum atomic E-state index is 5.25. The van der Waals surface area contributed by atoms with Crippen LogP contribution < -0.4 is 9.47 Å². The number of ether oxygens (including phenoxy) is 3. The molecule has 0 unspecified atom stereocenters. The van der Waals surface area contributed by atoms with Crippen LogP contribution in [0.15, 0.2) is 24.3 Å². The van der Waals surface area contributed by atoms with Gasteiger partial charge in [0.2, 0.25) is 0 Å². The Balaban J connectivity index is 2.87. The zero-order valence-corrected chi connectivity index (χ0v) is 9.32. The van der Waals surface area contributed by atoms with E-state index < -0.39 is 0 Å². The van der Waals surface area contributed by atoms with E-state index in [1.54, 1.807) is 21.3 Å². The van der Waals surface area contributed by atoms with E-state index in [0.29, 0.717) is 6.61 Å². The lowest BCUT2D eigenvalue weighted by Gasteiger charge is -2.07. The van der Waals surface area contributed by atoms with Crippen LogP contribution in [0.25, 0.3) is 6.08 Å². The molecular weight excluding hydrogens is 192 g/mol. The van der Waals surface area contributed by atoms with Gasteiger partial charge in [0.05, 0.1) is 20.8 Å². The molecule has 0 saturated heterocycles. The maximum Gasteiger partial charge on any atom is 0.129 e. The molecule has 1 aromatic rings. The predicted octanol–water partition coefficient (Wildman–Crippen LogP) is 2.36. The Morgan fingerprint density at radius 3 is 2.53 bits per heavy atom. The molecule has 0 aliphatic heterocycles. The van der Waals surface area contributed by atoms with Crippen LogP contribution in [-0.4, -0.2) is 27.9 Å². The molecule has 0 heterocycles. The van der Waals surface area contributed by atoms with Crippen molar-refractivity contribution >= 4 is 6.08 Å². The van der Waals surface area contributed by atoms with Gasteiger partial charge >= 0.3 is 0 Å². The Morgan fingerprint density at radius 2 is 1.93 bits per heavy atom. The standard InChI is InChI=1S/C12H16O3/c1-13-8-4-5-10-6-7-11(14-2)9-12(10)15-3/h4-7,9H,8H2,1-3H3/b5-4+. The van der Waals surface area contributed by atoms with Crippen LogP contribution in [0, 0.1) is 0 Å². The lowest BCUT2D eigenvalue weighted by atomic mass is 10.2. The third kappa shape index (κ3) is 3.29. The number of hydrogen-bond acceptors (Lipinski definition) is 3. The summed E-state index contributed by atoms with van der Waals surface area (Å²) in [7, 11) is 4.94. The van der Waals surface area contributed by atoms with E-state index in [1.165, 1.54) is 0 Å². The van der Waals surface area contributed by atoms with E-state index in [0.717, 1.165) is 17.1 Å². The summed E-state index contributed by atoms with van der Waals surface area (Å²) in [5.41, 5.74) is 1.01. The minimum atomic E-state index is 0.592. The largest absolute Gasteiger partial charge is 0.497 e. The van der Waals surface area contributed by atoms with Crippen LogP contribution in [-0.2, 0) is 4.74 Å². The van der Waals surface area contributed by atoms with Crippen LogP contribution in [0.5, 0.6) is 11.5 Å². The second-order valence-electron chi connectivity index (χ2n) is 2.97. The fourth-order valence-corrected chi connectivity index (χ4v) is 1.23. The molecule has 0 spiro atoms. The first-order valence-electron chi connectivity index (χ1n) is 4.69. The fraction of sp³-hybridized carbons (Fsp3) is 0.333. The first kappa shape index (κ1) is 11.6. The Bertz CT molecular complexity index is 332. The number of methoxy groups -OCH3 is 3. The van der Waals surface area contributed by atoms with Gasteiger partial charge in [-0.05, 0) is 12.1 Å². The normalized spacial score (nSPS) is 10.6. The van der Waals surface area contributed by atoms with Crippen molar-refractivity contribution < 1.29 is 14.2 Å². The molecule has 3 nitrogen and oxygen atoms in total. The van der Waals surface area contributed by atoms with E-state index in [-0.39, 0.29) is 0 Å². The van der Waals surface area contributed by atoms with Gasteiger partial charge in [0.25, 0.3) is 0 Å². The zero-order valence-electron chi connectivity index (χ0n) is 9.32. The van der Waals surface area contributed by atoms with Gasteiger partial charge < -0.3 is 14.2 Å². The number of benzene rings is 1. The minimum absolute atomic E-state index is 0.592. The summed E-state index contributed by atoms with van der Waals surface area (Å²) in [6, 6.07) is 5.70. The van der Waals surface area contributed by atoms with Gasteiger partial charge in [0.1, 0.15) is 11.5 Å². The second-order valence-corrected chi connectivity index (χ2v) is 2.97. The third-order valence-corrected chi connectivity index (χ3v) is 2.00. The van der Waals surface area contributed by atoms with Gasteiger partial charge in [-0.15, -0.1) is 0 Å². The van der Waals surface area contributed by atoms with Crippen molar-refractivity contribution in [1.82, 2.24) is 0 Å². The molecule has 0 aromatic heterocycles. The van der Waals surface area contributed by atoms with Crippen molar-refractivity contribution in [2.24, 2.45) is 0 Å². The van der Waals surface area contributed by atoms with Crippen LogP contribution in [0.1, 0.15) is 5.56 Å². The van der Waals surface area contributed by atoms with E-state index in [1.807, 2.05) is 30.4 Å². The molecule has 82 valence electrons. The average molecular weight is 208 g/mol. The number of rotatable bonds is 5. The molecule has 1 rings (SSSR count). The van der Waals surface area contributed by atoms with Gasteiger partial charge in [-0.25, -0.2) is 0 Å². The molecule has 0 bridgehead atoms. The Hall–Kier alpha value is -1.48. The molecule has 0 atom stereocenters. The predicted molar refractivity (Wildman–Crippen MR) is 60.5 cm³/mol. The first-order chi connectivity index (χ1) is 7.31. The van der Waals surface area contributed by atoms with Crippen LogP contribution in [0.4, 0.5) is 0 Å². The Kier molecular flexibility index (Phi) is 4.71. The lowest BCUT2D eigenvalue weighted by Crippen LogP contribution is -1.90. The van der Waals surface area contributed by atoms with Crippen molar-refractivity contribution in [2.45, 2.75) is 0 Å². The summed E-state index contributed by atoms with van der Waals surface area (Å²) in [6.45, 7) is 0.592. The summed E-state index contributed by atoms with van der Waals surface area (Å²) in [6.07, 6.45) is 3.89. The van der Waals surface area contributed by atoms with Crippen molar-refractivity contribution in [1.29, 1.82) is 0 Å². The fourth-order valence-electron chi connectivity index (χ4n) is 1.23. The van der Waals surface area contributed by atoms with Gasteiger partial charge in [0.15, 0.2) is 0 Å². The van der Waals surface area contributed by atoms with Crippen LogP contribution in [0.3, 0.4) is 0 Å². The highest BCUT2D eigenvalue weighted by molar-refractivity contribution is 5.59. The highest BCUT2D eigenvalue weighted by Gasteiger charge is 2.01. The third-order valence-electron chi connectivity index (χ3n) is 2.00. The molecule has 0 aliphatic rings. The van der Waals surface area contributed by atoms with Gasteiger partial charge in [-0.3, -0.25) is 0 Å². The molecule has 0 fully saturated rings. The molecular formula is C12H16O3. The summed E-state index contributed by atoms with van der Waals surface area (Å²) in [4.78, 5) is 0. The molecule has 0 radical (unpaired) electrons. The molecule has 0 saturated carbocycles. The van der Waals surface area contributed by atoms with Gasteiger partial charge in [-0.1, -0.05) is 12.2 Å². The highest BCUT2D eigenvalue weighted by Crippen LogP contribution is 2.25. The summed E-state index contributed by atoms with van der Waals surface area (Å²) >= 11 is 0. The highest BCUT2D eigenvalue weighted by atomic mass is 16.5. The zero-order chi connectivity index (χ0) is 11.1. The van der Waals surface area contributed by atoms with E-state index in [9.17, 15) is 0 Å². The van der Waals surface area contributed by atoms with Gasteiger partial charge in [-0.2, -0.15) is 0 Å². The van der Waals surface area contributed by atoms with Crippen molar-refractivity contribution in [3.63, 3.8) is 0 Å². The quantitative estimate of drug-likeness (QED) is 0.743. The Labute approximate surface area is 90.3 Å². The molecule has 3 heteroatoms. The summed E-state index contributed by atoms with van der Waals surface area (Å²) < 4.78 is 15.3. The molecule has 0 N–H and O–H groups in total. The van der Waals surface area contributed by atoms with Crippen molar-refractivity contribution in [2.75, 3.05) is 27.9 Å². The van der Waals surface area contributed by atoms with E-state index in [4.69, 9.17) is 14.2 Å². The lowest BCUT2D eigenvalue weighted by molar-refractivity contribution is 0.234. The minimum Gasteiger partial charge on any atom is -0.497 e. The average Bonchev–Trinajstić information content (AvgIpc) is 2.29. The molecule has 1 aromatic carbocycles. The van der Waals surface area contributed by atoms with Crippen LogP contribution in [0.2, 0.25) is 0 Å². The van der Waals surface area contributed by atoms with Crippen LogP contribution >= 0.6 is 0 Å². The topological polar surface area (TPSA) is 27.7 Å². The first-order valence-corrected chi connectivity index (χ1v) is 4.69.